The van der Waals surface area contributed by atoms with Crippen LogP contribution in [0, 0.1) is 0 Å². The number of carbonyl (C=O) groups is 1. The van der Waals surface area contributed by atoms with Gasteiger partial charge in [-0.05, 0) is 33.6 Å². The van der Waals surface area contributed by atoms with Gasteiger partial charge < -0.3 is 20.1 Å². The van der Waals surface area contributed by atoms with Gasteiger partial charge >= 0.3 is 6.09 Å². The SMILES string of the molecule is CC(C)NCC1(NC(=O)OC(C)(C)C)CCOCC1. The van der Waals surface area contributed by atoms with Gasteiger partial charge in [0.25, 0.3) is 0 Å². The molecular formula is C14H28N2O3. The zero-order valence-corrected chi connectivity index (χ0v) is 12.8. The normalized spacial score (nSPS) is 19.3. The first-order valence-electron chi connectivity index (χ1n) is 7.05. The largest absolute Gasteiger partial charge is 0.444 e. The fourth-order valence-corrected chi connectivity index (χ4v) is 2.03. The van der Waals surface area contributed by atoms with Gasteiger partial charge in [-0.15, -0.1) is 0 Å². The van der Waals surface area contributed by atoms with E-state index < -0.39 is 5.60 Å². The molecule has 0 radical (unpaired) electrons. The number of amides is 1. The Balaban J connectivity index is 2.60. The van der Waals surface area contributed by atoms with Crippen LogP contribution in [0.4, 0.5) is 4.79 Å². The van der Waals surface area contributed by atoms with E-state index in [-0.39, 0.29) is 11.6 Å². The summed E-state index contributed by atoms with van der Waals surface area (Å²) in [6, 6.07) is 0.389. The van der Waals surface area contributed by atoms with Gasteiger partial charge in [0.2, 0.25) is 0 Å². The van der Waals surface area contributed by atoms with E-state index in [0.717, 1.165) is 19.4 Å². The molecular weight excluding hydrogens is 244 g/mol. The molecule has 0 aliphatic carbocycles. The van der Waals surface area contributed by atoms with E-state index in [0.29, 0.717) is 19.3 Å². The summed E-state index contributed by atoms with van der Waals surface area (Å²) in [5, 5.41) is 6.44. The highest BCUT2D eigenvalue weighted by Crippen LogP contribution is 2.21. The van der Waals surface area contributed by atoms with Gasteiger partial charge in [-0.3, -0.25) is 0 Å². The average Bonchev–Trinajstić information content (AvgIpc) is 2.25. The van der Waals surface area contributed by atoms with E-state index in [1.54, 1.807) is 0 Å². The van der Waals surface area contributed by atoms with E-state index in [4.69, 9.17) is 9.47 Å². The van der Waals surface area contributed by atoms with Gasteiger partial charge in [0.15, 0.2) is 0 Å². The maximum Gasteiger partial charge on any atom is 0.408 e. The number of hydrogen-bond acceptors (Lipinski definition) is 4. The van der Waals surface area contributed by atoms with Crippen molar-refractivity contribution in [2.24, 2.45) is 0 Å². The van der Waals surface area contributed by atoms with Crippen LogP contribution < -0.4 is 10.6 Å². The second-order valence-electron chi connectivity index (χ2n) is 6.56. The average molecular weight is 272 g/mol. The van der Waals surface area contributed by atoms with Crippen LogP contribution in [0.25, 0.3) is 0 Å². The summed E-state index contributed by atoms with van der Waals surface area (Å²) >= 11 is 0. The standard InChI is InChI=1S/C14H28N2O3/c1-11(2)15-10-14(6-8-18-9-7-14)16-12(17)19-13(3,4)5/h11,15H,6-10H2,1-5H3,(H,16,17). The number of rotatable bonds is 4. The molecule has 0 aromatic heterocycles. The molecule has 1 saturated heterocycles. The first-order chi connectivity index (χ1) is 8.72. The Morgan fingerprint density at radius 1 is 1.32 bits per heavy atom. The highest BCUT2D eigenvalue weighted by atomic mass is 16.6. The maximum absolute atomic E-state index is 12.0. The molecule has 5 heteroatoms. The second-order valence-corrected chi connectivity index (χ2v) is 6.56. The Morgan fingerprint density at radius 3 is 2.37 bits per heavy atom. The zero-order valence-electron chi connectivity index (χ0n) is 12.8. The lowest BCUT2D eigenvalue weighted by Crippen LogP contribution is -2.59. The number of nitrogens with one attached hydrogen (secondary N) is 2. The van der Waals surface area contributed by atoms with Gasteiger partial charge in [0.05, 0.1) is 5.54 Å². The molecule has 1 amide bonds. The lowest BCUT2D eigenvalue weighted by molar-refractivity contribution is 0.0166. The molecule has 1 aliphatic rings. The van der Waals surface area contributed by atoms with Crippen LogP contribution in [0.5, 0.6) is 0 Å². The minimum absolute atomic E-state index is 0.259. The number of carbonyl (C=O) groups excluding carboxylic acids is 1. The predicted octanol–water partition coefficient (Wildman–Crippen LogP) is 2.06. The number of ether oxygens (including phenoxy) is 2. The Kier molecular flexibility index (Phi) is 5.62. The van der Waals surface area contributed by atoms with E-state index in [1.807, 2.05) is 20.8 Å². The third kappa shape index (κ3) is 6.25. The Hall–Kier alpha value is -0.810. The van der Waals surface area contributed by atoms with E-state index in [2.05, 4.69) is 24.5 Å². The molecule has 19 heavy (non-hydrogen) atoms. The molecule has 2 N–H and O–H groups in total. The van der Waals surface area contributed by atoms with Crippen molar-refractivity contribution in [3.05, 3.63) is 0 Å². The molecule has 5 nitrogen and oxygen atoms in total. The predicted molar refractivity (Wildman–Crippen MR) is 75.3 cm³/mol. The Morgan fingerprint density at radius 2 is 1.89 bits per heavy atom. The van der Waals surface area contributed by atoms with Crippen LogP contribution in [0.3, 0.4) is 0 Å². The molecule has 1 rings (SSSR count). The first kappa shape index (κ1) is 16.2. The lowest BCUT2D eigenvalue weighted by atomic mass is 9.90. The molecule has 1 fully saturated rings. The minimum atomic E-state index is -0.470. The fourth-order valence-electron chi connectivity index (χ4n) is 2.03. The summed E-state index contributed by atoms with van der Waals surface area (Å²) in [4.78, 5) is 12.0. The van der Waals surface area contributed by atoms with Crippen LogP contribution in [-0.4, -0.2) is 43.0 Å². The monoisotopic (exact) mass is 272 g/mol. The van der Waals surface area contributed by atoms with Crippen molar-refractivity contribution in [2.45, 2.75) is 64.6 Å². The van der Waals surface area contributed by atoms with Crippen molar-refractivity contribution in [1.82, 2.24) is 10.6 Å². The lowest BCUT2D eigenvalue weighted by Gasteiger charge is -2.39. The summed E-state index contributed by atoms with van der Waals surface area (Å²) < 4.78 is 10.7. The van der Waals surface area contributed by atoms with E-state index in [1.165, 1.54) is 0 Å². The van der Waals surface area contributed by atoms with Crippen molar-refractivity contribution in [2.75, 3.05) is 19.8 Å². The molecule has 0 atom stereocenters. The van der Waals surface area contributed by atoms with Crippen LogP contribution in [-0.2, 0) is 9.47 Å². The van der Waals surface area contributed by atoms with Crippen molar-refractivity contribution < 1.29 is 14.3 Å². The molecule has 0 aromatic carbocycles. The van der Waals surface area contributed by atoms with Crippen molar-refractivity contribution in [3.8, 4) is 0 Å². The summed E-state index contributed by atoms with van der Waals surface area (Å²) in [6.07, 6.45) is 1.28. The van der Waals surface area contributed by atoms with Gasteiger partial charge in [0.1, 0.15) is 5.60 Å². The molecule has 0 aromatic rings. The van der Waals surface area contributed by atoms with Gasteiger partial charge in [0, 0.05) is 25.8 Å². The Bertz CT molecular complexity index is 292. The quantitative estimate of drug-likeness (QED) is 0.822. The smallest absolute Gasteiger partial charge is 0.408 e. The van der Waals surface area contributed by atoms with Crippen molar-refractivity contribution in [1.29, 1.82) is 0 Å². The highest BCUT2D eigenvalue weighted by Gasteiger charge is 2.35. The maximum atomic E-state index is 12.0. The van der Waals surface area contributed by atoms with E-state index in [9.17, 15) is 4.79 Å². The summed E-state index contributed by atoms with van der Waals surface area (Å²) in [6.45, 7) is 11.9. The molecule has 0 bridgehead atoms. The first-order valence-corrected chi connectivity index (χ1v) is 7.05. The zero-order chi connectivity index (χ0) is 14.5. The van der Waals surface area contributed by atoms with Crippen LogP contribution >= 0.6 is 0 Å². The highest BCUT2D eigenvalue weighted by molar-refractivity contribution is 5.68. The molecule has 0 unspecified atom stereocenters. The fraction of sp³-hybridized carbons (Fsp3) is 0.929. The Labute approximate surface area is 116 Å². The molecule has 112 valence electrons. The summed E-state index contributed by atoms with van der Waals surface area (Å²) in [7, 11) is 0. The van der Waals surface area contributed by atoms with E-state index >= 15 is 0 Å². The summed E-state index contributed by atoms with van der Waals surface area (Å²) in [5.74, 6) is 0. The third-order valence-corrected chi connectivity index (χ3v) is 3.06. The van der Waals surface area contributed by atoms with Gasteiger partial charge in [-0.25, -0.2) is 4.79 Å². The van der Waals surface area contributed by atoms with Crippen LogP contribution in [0.2, 0.25) is 0 Å². The number of hydrogen-bond donors (Lipinski definition) is 2. The summed E-state index contributed by atoms with van der Waals surface area (Å²) in [5.41, 5.74) is -0.729. The molecule has 1 heterocycles. The second kappa shape index (κ2) is 6.57. The van der Waals surface area contributed by atoms with Crippen LogP contribution in [0.15, 0.2) is 0 Å². The van der Waals surface area contributed by atoms with Gasteiger partial charge in [-0.1, -0.05) is 13.8 Å². The molecule has 1 aliphatic heterocycles. The number of alkyl carbamates (subject to hydrolysis) is 1. The molecule has 0 spiro atoms. The van der Waals surface area contributed by atoms with Crippen LogP contribution in [0.1, 0.15) is 47.5 Å². The van der Waals surface area contributed by atoms with Crippen molar-refractivity contribution >= 4 is 6.09 Å². The third-order valence-electron chi connectivity index (χ3n) is 3.06. The topological polar surface area (TPSA) is 59.6 Å². The minimum Gasteiger partial charge on any atom is -0.444 e. The molecule has 0 saturated carbocycles. The van der Waals surface area contributed by atoms with Crippen molar-refractivity contribution in [3.63, 3.8) is 0 Å². The van der Waals surface area contributed by atoms with Gasteiger partial charge in [-0.2, -0.15) is 0 Å².